The molecule has 0 radical (unpaired) electrons. The molecular formula is C27H29N5O5S2. The minimum absolute atomic E-state index is 0.0728. The van der Waals surface area contributed by atoms with Gasteiger partial charge >= 0.3 is 0 Å². The summed E-state index contributed by atoms with van der Waals surface area (Å²) >= 11 is 4.84. The highest BCUT2D eigenvalue weighted by atomic mass is 32.2. The SMILES string of the molecule is CC(NC(=O)CNS(=O)(=O)c1ccc(C(N)=S)cc1)C(=O)NCC(=O)NC(c1ccccc1)c1ccccc1. The molecule has 0 bridgehead atoms. The van der Waals surface area contributed by atoms with E-state index in [4.69, 9.17) is 18.0 Å². The smallest absolute Gasteiger partial charge is 0.242 e. The Hall–Kier alpha value is -4.13. The molecule has 1 unspecified atom stereocenters. The fourth-order valence-electron chi connectivity index (χ4n) is 3.58. The lowest BCUT2D eigenvalue weighted by atomic mass is 9.99. The number of carbonyl (C=O) groups is 3. The van der Waals surface area contributed by atoms with Crippen LogP contribution in [0.1, 0.15) is 29.7 Å². The van der Waals surface area contributed by atoms with Gasteiger partial charge < -0.3 is 21.7 Å². The predicted octanol–water partition coefficient (Wildman–Crippen LogP) is 1.13. The molecule has 0 saturated heterocycles. The quantitative estimate of drug-likeness (QED) is 0.205. The first kappa shape index (κ1) is 29.4. The summed E-state index contributed by atoms with van der Waals surface area (Å²) in [6.07, 6.45) is 0. The number of nitrogens with one attached hydrogen (secondary N) is 4. The second-order valence-corrected chi connectivity index (χ2v) is 10.7. The number of sulfonamides is 1. The van der Waals surface area contributed by atoms with E-state index >= 15 is 0 Å². The van der Waals surface area contributed by atoms with Crippen LogP contribution < -0.4 is 26.4 Å². The van der Waals surface area contributed by atoms with Crippen LogP contribution in [0.25, 0.3) is 0 Å². The Kier molecular flexibility index (Phi) is 10.3. The maximum absolute atomic E-state index is 12.7. The number of hydrogen-bond acceptors (Lipinski definition) is 6. The van der Waals surface area contributed by atoms with E-state index in [1.165, 1.54) is 31.2 Å². The number of amides is 3. The van der Waals surface area contributed by atoms with Gasteiger partial charge in [-0.15, -0.1) is 0 Å². The third-order valence-electron chi connectivity index (χ3n) is 5.64. The molecule has 1 atom stereocenters. The standard InChI is InChI=1S/C27H29N5O5S2/c1-18(31-24(34)17-30-39(36,37)22-14-12-21(13-15-22)26(28)38)27(35)29-16-23(33)32-25(19-8-4-2-5-9-19)20-10-6-3-7-11-20/h2-15,18,25,30H,16-17H2,1H3,(H2,28,38)(H,29,35)(H,31,34)(H,32,33). The van der Waals surface area contributed by atoms with Crippen molar-refractivity contribution in [2.75, 3.05) is 13.1 Å². The summed E-state index contributed by atoms with van der Waals surface area (Å²) in [5.41, 5.74) is 7.77. The van der Waals surface area contributed by atoms with Crippen LogP contribution in [0.4, 0.5) is 0 Å². The van der Waals surface area contributed by atoms with E-state index in [1.54, 1.807) is 0 Å². The third kappa shape index (κ3) is 8.70. The monoisotopic (exact) mass is 567 g/mol. The molecule has 3 amide bonds. The molecule has 0 fully saturated rings. The van der Waals surface area contributed by atoms with Crippen LogP contribution in [0.5, 0.6) is 0 Å². The van der Waals surface area contributed by atoms with E-state index in [9.17, 15) is 22.8 Å². The summed E-state index contributed by atoms with van der Waals surface area (Å²) in [7, 11) is -3.98. The van der Waals surface area contributed by atoms with Crippen LogP contribution in [0.15, 0.2) is 89.8 Å². The topological polar surface area (TPSA) is 159 Å². The molecule has 0 heterocycles. The van der Waals surface area contributed by atoms with Crippen molar-refractivity contribution in [3.63, 3.8) is 0 Å². The summed E-state index contributed by atoms with van der Waals surface area (Å²) < 4.78 is 27.0. The molecular weight excluding hydrogens is 538 g/mol. The van der Waals surface area contributed by atoms with E-state index in [2.05, 4.69) is 20.7 Å². The summed E-state index contributed by atoms with van der Waals surface area (Å²) in [5.74, 6) is -1.75. The zero-order chi connectivity index (χ0) is 28.4. The average molecular weight is 568 g/mol. The third-order valence-corrected chi connectivity index (χ3v) is 7.29. The van der Waals surface area contributed by atoms with E-state index in [-0.39, 0.29) is 16.4 Å². The number of carbonyl (C=O) groups excluding carboxylic acids is 3. The molecule has 0 aliphatic carbocycles. The van der Waals surface area contributed by atoms with Gasteiger partial charge in [0.05, 0.1) is 24.0 Å². The minimum Gasteiger partial charge on any atom is -0.389 e. The molecule has 39 heavy (non-hydrogen) atoms. The van der Waals surface area contributed by atoms with Gasteiger partial charge in [0, 0.05) is 5.56 Å². The predicted molar refractivity (Wildman–Crippen MR) is 151 cm³/mol. The first-order chi connectivity index (χ1) is 18.6. The van der Waals surface area contributed by atoms with Crippen molar-refractivity contribution in [1.29, 1.82) is 0 Å². The van der Waals surface area contributed by atoms with Gasteiger partial charge in [0.15, 0.2) is 0 Å². The Morgan fingerprint density at radius 3 is 1.82 bits per heavy atom. The average Bonchev–Trinajstić information content (AvgIpc) is 2.94. The Morgan fingerprint density at radius 1 is 0.795 bits per heavy atom. The van der Waals surface area contributed by atoms with Crippen LogP contribution in [0.2, 0.25) is 0 Å². The van der Waals surface area contributed by atoms with Gasteiger partial charge in [-0.3, -0.25) is 14.4 Å². The Morgan fingerprint density at radius 2 is 1.31 bits per heavy atom. The zero-order valence-corrected chi connectivity index (χ0v) is 22.7. The fourth-order valence-corrected chi connectivity index (χ4v) is 4.70. The number of benzene rings is 3. The van der Waals surface area contributed by atoms with Gasteiger partial charge in [-0.05, 0) is 30.2 Å². The minimum atomic E-state index is -3.98. The van der Waals surface area contributed by atoms with Crippen molar-refractivity contribution >= 4 is 45.0 Å². The Bertz CT molecular complexity index is 1380. The van der Waals surface area contributed by atoms with Crippen LogP contribution in [-0.4, -0.2) is 50.3 Å². The molecule has 3 rings (SSSR count). The lowest BCUT2D eigenvalue weighted by Gasteiger charge is -2.20. The zero-order valence-electron chi connectivity index (χ0n) is 21.1. The molecule has 12 heteroatoms. The molecule has 0 saturated carbocycles. The van der Waals surface area contributed by atoms with Crippen LogP contribution >= 0.6 is 12.2 Å². The second-order valence-electron chi connectivity index (χ2n) is 8.54. The molecule has 3 aromatic carbocycles. The van der Waals surface area contributed by atoms with Gasteiger partial charge in [-0.1, -0.05) is 85.0 Å². The first-order valence-corrected chi connectivity index (χ1v) is 13.8. The van der Waals surface area contributed by atoms with Crippen molar-refractivity contribution in [2.24, 2.45) is 5.73 Å². The Labute approximate surface area is 232 Å². The van der Waals surface area contributed by atoms with E-state index < -0.39 is 46.4 Å². The van der Waals surface area contributed by atoms with Crippen molar-refractivity contribution in [1.82, 2.24) is 20.7 Å². The number of rotatable bonds is 12. The highest BCUT2D eigenvalue weighted by Crippen LogP contribution is 2.21. The lowest BCUT2D eigenvalue weighted by Crippen LogP contribution is -2.49. The highest BCUT2D eigenvalue weighted by molar-refractivity contribution is 7.89. The van der Waals surface area contributed by atoms with Crippen molar-refractivity contribution in [3.8, 4) is 0 Å². The van der Waals surface area contributed by atoms with Gasteiger partial charge in [-0.2, -0.15) is 0 Å². The summed E-state index contributed by atoms with van der Waals surface area (Å²) in [6, 6.07) is 23.0. The largest absolute Gasteiger partial charge is 0.389 e. The number of thiocarbonyl (C=S) groups is 1. The van der Waals surface area contributed by atoms with E-state index in [1.807, 2.05) is 60.7 Å². The molecule has 3 aromatic rings. The second kappa shape index (κ2) is 13.6. The van der Waals surface area contributed by atoms with Crippen LogP contribution in [-0.2, 0) is 24.4 Å². The molecule has 6 N–H and O–H groups in total. The summed E-state index contributed by atoms with van der Waals surface area (Å²) in [5, 5.41) is 7.80. The molecule has 0 aliphatic rings. The molecule has 204 valence electrons. The van der Waals surface area contributed by atoms with Crippen LogP contribution in [0, 0.1) is 0 Å². The maximum Gasteiger partial charge on any atom is 0.242 e. The number of hydrogen-bond donors (Lipinski definition) is 5. The summed E-state index contributed by atoms with van der Waals surface area (Å²) in [4.78, 5) is 37.4. The van der Waals surface area contributed by atoms with Gasteiger partial charge in [0.2, 0.25) is 27.7 Å². The summed E-state index contributed by atoms with van der Waals surface area (Å²) in [6.45, 7) is 0.516. The maximum atomic E-state index is 12.7. The van der Waals surface area contributed by atoms with Crippen molar-refractivity contribution < 1.29 is 22.8 Å². The molecule has 10 nitrogen and oxygen atoms in total. The van der Waals surface area contributed by atoms with Gasteiger partial charge in [0.25, 0.3) is 0 Å². The van der Waals surface area contributed by atoms with Crippen molar-refractivity contribution in [2.45, 2.75) is 23.9 Å². The lowest BCUT2D eigenvalue weighted by molar-refractivity contribution is -0.129. The normalized spacial score (nSPS) is 11.8. The van der Waals surface area contributed by atoms with Crippen molar-refractivity contribution in [3.05, 3.63) is 102 Å². The first-order valence-electron chi connectivity index (χ1n) is 11.9. The molecule has 0 aromatic heterocycles. The van der Waals surface area contributed by atoms with Crippen LogP contribution in [0.3, 0.4) is 0 Å². The Balaban J connectivity index is 1.48. The van der Waals surface area contributed by atoms with Gasteiger partial charge in [0.1, 0.15) is 11.0 Å². The van der Waals surface area contributed by atoms with Gasteiger partial charge in [-0.25, -0.2) is 13.1 Å². The number of nitrogens with two attached hydrogens (primary N) is 1. The highest BCUT2D eigenvalue weighted by Gasteiger charge is 2.21. The molecule has 0 aliphatic heterocycles. The van der Waals surface area contributed by atoms with E-state index in [0.29, 0.717) is 5.56 Å². The van der Waals surface area contributed by atoms with E-state index in [0.717, 1.165) is 11.1 Å². The molecule has 0 spiro atoms. The fraction of sp³-hybridized carbons (Fsp3) is 0.185.